The van der Waals surface area contributed by atoms with Gasteiger partial charge >= 0.3 is 6.18 Å². The van der Waals surface area contributed by atoms with Crippen LogP contribution in [0.4, 0.5) is 19.0 Å². The van der Waals surface area contributed by atoms with E-state index in [4.69, 9.17) is 4.74 Å². The van der Waals surface area contributed by atoms with Crippen molar-refractivity contribution in [2.75, 3.05) is 12.4 Å². The fourth-order valence-electron chi connectivity index (χ4n) is 2.17. The lowest BCUT2D eigenvalue weighted by Crippen LogP contribution is -2.19. The van der Waals surface area contributed by atoms with Crippen molar-refractivity contribution in [3.05, 3.63) is 23.9 Å². The molecule has 1 N–H and O–H groups in total. The first-order chi connectivity index (χ1) is 8.49. The Bertz CT molecular complexity index is 409. The van der Waals surface area contributed by atoms with Gasteiger partial charge in [-0.05, 0) is 31.4 Å². The molecule has 1 aliphatic carbocycles. The Morgan fingerprint density at radius 1 is 1.33 bits per heavy atom. The predicted molar refractivity (Wildman–Crippen MR) is 61.3 cm³/mol. The summed E-state index contributed by atoms with van der Waals surface area (Å²) in [6.07, 6.45) is -1.60. The standard InChI is InChI=1S/C12H15F3N2O/c1-18-9-6-5-8(7-9)16-11-4-2-3-10(17-11)12(13,14)15/h2-4,8-9H,5-7H2,1H3,(H,16,17). The Balaban J connectivity index is 2.02. The molecule has 1 saturated carbocycles. The van der Waals surface area contributed by atoms with E-state index in [0.717, 1.165) is 25.3 Å². The molecule has 0 radical (unpaired) electrons. The number of pyridine rings is 1. The molecule has 1 aromatic heterocycles. The van der Waals surface area contributed by atoms with E-state index in [1.807, 2.05) is 0 Å². The lowest BCUT2D eigenvalue weighted by molar-refractivity contribution is -0.141. The zero-order valence-corrected chi connectivity index (χ0v) is 10.00. The van der Waals surface area contributed by atoms with Gasteiger partial charge in [0.25, 0.3) is 0 Å². The molecule has 6 heteroatoms. The lowest BCUT2D eigenvalue weighted by Gasteiger charge is -2.14. The van der Waals surface area contributed by atoms with E-state index in [-0.39, 0.29) is 18.0 Å². The van der Waals surface area contributed by atoms with Crippen LogP contribution in [0.25, 0.3) is 0 Å². The van der Waals surface area contributed by atoms with Crippen LogP contribution in [0.15, 0.2) is 18.2 Å². The summed E-state index contributed by atoms with van der Waals surface area (Å²) in [4.78, 5) is 3.58. The highest BCUT2D eigenvalue weighted by Gasteiger charge is 2.32. The topological polar surface area (TPSA) is 34.1 Å². The molecule has 0 bridgehead atoms. The molecule has 0 saturated heterocycles. The van der Waals surface area contributed by atoms with Crippen LogP contribution in [0.2, 0.25) is 0 Å². The second-order valence-electron chi connectivity index (χ2n) is 4.42. The van der Waals surface area contributed by atoms with Crippen molar-refractivity contribution >= 4 is 5.82 Å². The second-order valence-corrected chi connectivity index (χ2v) is 4.42. The molecule has 1 fully saturated rings. The van der Waals surface area contributed by atoms with Crippen molar-refractivity contribution in [2.45, 2.75) is 37.6 Å². The molecular formula is C12H15F3N2O. The number of hydrogen-bond donors (Lipinski definition) is 1. The molecule has 1 aromatic rings. The maximum absolute atomic E-state index is 12.5. The van der Waals surface area contributed by atoms with E-state index < -0.39 is 11.9 Å². The van der Waals surface area contributed by atoms with Crippen LogP contribution in [0.3, 0.4) is 0 Å². The van der Waals surface area contributed by atoms with Crippen LogP contribution in [-0.4, -0.2) is 24.2 Å². The van der Waals surface area contributed by atoms with Gasteiger partial charge in [0.1, 0.15) is 11.5 Å². The van der Waals surface area contributed by atoms with E-state index in [2.05, 4.69) is 10.3 Å². The first-order valence-corrected chi connectivity index (χ1v) is 5.82. The number of nitrogens with one attached hydrogen (secondary N) is 1. The van der Waals surface area contributed by atoms with Gasteiger partial charge in [-0.1, -0.05) is 6.07 Å². The molecule has 1 heterocycles. The summed E-state index contributed by atoms with van der Waals surface area (Å²) in [5, 5.41) is 3.03. The summed E-state index contributed by atoms with van der Waals surface area (Å²) >= 11 is 0. The number of rotatable bonds is 3. The number of aromatic nitrogens is 1. The molecule has 0 aliphatic heterocycles. The van der Waals surface area contributed by atoms with Crippen LogP contribution in [0.5, 0.6) is 0 Å². The quantitative estimate of drug-likeness (QED) is 0.906. The Labute approximate surface area is 103 Å². The minimum atomic E-state index is -4.40. The number of anilines is 1. The van der Waals surface area contributed by atoms with Crippen LogP contribution >= 0.6 is 0 Å². The monoisotopic (exact) mass is 260 g/mol. The van der Waals surface area contributed by atoms with E-state index in [0.29, 0.717) is 0 Å². The van der Waals surface area contributed by atoms with Crippen molar-refractivity contribution in [1.29, 1.82) is 0 Å². The van der Waals surface area contributed by atoms with Gasteiger partial charge in [-0.2, -0.15) is 13.2 Å². The number of hydrogen-bond acceptors (Lipinski definition) is 3. The van der Waals surface area contributed by atoms with Gasteiger partial charge in [-0.25, -0.2) is 4.98 Å². The van der Waals surface area contributed by atoms with Gasteiger partial charge in [0.15, 0.2) is 0 Å². The first kappa shape index (κ1) is 13.1. The maximum Gasteiger partial charge on any atom is 0.433 e. The number of ether oxygens (including phenoxy) is 1. The van der Waals surface area contributed by atoms with E-state index in [9.17, 15) is 13.2 Å². The number of halogens is 3. The molecule has 2 atom stereocenters. The third kappa shape index (κ3) is 3.13. The van der Waals surface area contributed by atoms with Crippen molar-refractivity contribution in [1.82, 2.24) is 4.98 Å². The zero-order chi connectivity index (χ0) is 13.2. The van der Waals surface area contributed by atoms with E-state index in [1.165, 1.54) is 6.07 Å². The Hall–Kier alpha value is -1.30. The number of alkyl halides is 3. The Morgan fingerprint density at radius 2 is 2.11 bits per heavy atom. The summed E-state index contributed by atoms with van der Waals surface area (Å²) in [6.45, 7) is 0. The number of nitrogens with zero attached hydrogens (tertiary/aromatic N) is 1. The zero-order valence-electron chi connectivity index (χ0n) is 10.00. The van der Waals surface area contributed by atoms with E-state index >= 15 is 0 Å². The summed E-state index contributed by atoms with van der Waals surface area (Å²) in [7, 11) is 1.65. The van der Waals surface area contributed by atoms with Gasteiger partial charge in [0.2, 0.25) is 0 Å². The average molecular weight is 260 g/mol. The van der Waals surface area contributed by atoms with E-state index in [1.54, 1.807) is 13.2 Å². The van der Waals surface area contributed by atoms with Crippen LogP contribution in [-0.2, 0) is 10.9 Å². The molecule has 3 nitrogen and oxygen atoms in total. The molecular weight excluding hydrogens is 245 g/mol. The summed E-state index contributed by atoms with van der Waals surface area (Å²) in [6, 6.07) is 4.01. The molecule has 2 unspecified atom stereocenters. The molecule has 0 spiro atoms. The summed E-state index contributed by atoms with van der Waals surface area (Å²) in [5.74, 6) is 0.270. The van der Waals surface area contributed by atoms with Crippen LogP contribution in [0, 0.1) is 0 Å². The highest BCUT2D eigenvalue weighted by Crippen LogP contribution is 2.29. The summed E-state index contributed by atoms with van der Waals surface area (Å²) < 4.78 is 42.7. The smallest absolute Gasteiger partial charge is 0.381 e. The normalized spacial score (nSPS) is 24.2. The maximum atomic E-state index is 12.5. The van der Waals surface area contributed by atoms with Gasteiger partial charge in [-0.15, -0.1) is 0 Å². The molecule has 1 aliphatic rings. The van der Waals surface area contributed by atoms with Gasteiger partial charge in [0, 0.05) is 13.2 Å². The highest BCUT2D eigenvalue weighted by atomic mass is 19.4. The SMILES string of the molecule is COC1CCC(Nc2cccc(C(F)(F)F)n2)C1. The molecule has 0 aromatic carbocycles. The van der Waals surface area contributed by atoms with Crippen molar-refractivity contribution in [2.24, 2.45) is 0 Å². The fourth-order valence-corrected chi connectivity index (χ4v) is 2.17. The first-order valence-electron chi connectivity index (χ1n) is 5.82. The predicted octanol–water partition coefficient (Wildman–Crippen LogP) is 3.08. The molecule has 2 rings (SSSR count). The van der Waals surface area contributed by atoms with Gasteiger partial charge in [0.05, 0.1) is 6.10 Å². The largest absolute Gasteiger partial charge is 0.433 e. The molecule has 0 amide bonds. The third-order valence-corrected chi connectivity index (χ3v) is 3.11. The van der Waals surface area contributed by atoms with Gasteiger partial charge in [-0.3, -0.25) is 0 Å². The lowest BCUT2D eigenvalue weighted by atomic mass is 10.2. The van der Waals surface area contributed by atoms with Crippen molar-refractivity contribution in [3.8, 4) is 0 Å². The molecule has 100 valence electrons. The minimum absolute atomic E-state index is 0.130. The van der Waals surface area contributed by atoms with Crippen LogP contribution < -0.4 is 5.32 Å². The third-order valence-electron chi connectivity index (χ3n) is 3.11. The molecule has 18 heavy (non-hydrogen) atoms. The number of methoxy groups -OCH3 is 1. The Kier molecular flexibility index (Phi) is 3.75. The van der Waals surface area contributed by atoms with Crippen molar-refractivity contribution < 1.29 is 17.9 Å². The fraction of sp³-hybridized carbons (Fsp3) is 0.583. The van der Waals surface area contributed by atoms with Crippen LogP contribution in [0.1, 0.15) is 25.0 Å². The highest BCUT2D eigenvalue weighted by molar-refractivity contribution is 5.37. The average Bonchev–Trinajstić information content (AvgIpc) is 2.76. The Morgan fingerprint density at radius 3 is 2.72 bits per heavy atom. The van der Waals surface area contributed by atoms with Crippen molar-refractivity contribution in [3.63, 3.8) is 0 Å². The second kappa shape index (κ2) is 5.14. The summed E-state index contributed by atoms with van der Waals surface area (Å²) in [5.41, 5.74) is -0.867. The minimum Gasteiger partial charge on any atom is -0.381 e. The van der Waals surface area contributed by atoms with Gasteiger partial charge < -0.3 is 10.1 Å².